The van der Waals surface area contributed by atoms with Gasteiger partial charge < -0.3 is 19.5 Å². The van der Waals surface area contributed by atoms with Gasteiger partial charge in [-0.2, -0.15) is 5.26 Å². The van der Waals surface area contributed by atoms with Crippen LogP contribution in [0.4, 0.5) is 0 Å². The Kier molecular flexibility index (Phi) is 5.28. The van der Waals surface area contributed by atoms with Crippen molar-refractivity contribution in [2.24, 2.45) is 0 Å². The Labute approximate surface area is 107 Å². The van der Waals surface area contributed by atoms with Crippen LogP contribution in [0.5, 0.6) is 17.2 Å². The average molecular weight is 250 g/mol. The van der Waals surface area contributed by atoms with E-state index < -0.39 is 0 Å². The van der Waals surface area contributed by atoms with Crippen LogP contribution in [0.3, 0.4) is 0 Å². The van der Waals surface area contributed by atoms with E-state index in [1.807, 2.05) is 19.2 Å². The molecule has 0 spiro atoms. The molecule has 1 rings (SSSR count). The van der Waals surface area contributed by atoms with Crippen molar-refractivity contribution in [2.75, 3.05) is 28.4 Å². The molecule has 1 unspecified atom stereocenters. The van der Waals surface area contributed by atoms with E-state index in [1.54, 1.807) is 21.3 Å². The van der Waals surface area contributed by atoms with E-state index >= 15 is 0 Å². The van der Waals surface area contributed by atoms with Crippen LogP contribution in [0.25, 0.3) is 0 Å². The fourth-order valence-corrected chi connectivity index (χ4v) is 1.78. The number of ether oxygens (including phenoxy) is 3. The molecule has 1 aromatic carbocycles. The van der Waals surface area contributed by atoms with Crippen LogP contribution in [-0.4, -0.2) is 28.4 Å². The van der Waals surface area contributed by atoms with Gasteiger partial charge in [-0.15, -0.1) is 0 Å². The summed E-state index contributed by atoms with van der Waals surface area (Å²) in [6.45, 7) is 0. The Bertz CT molecular complexity index is 415. The monoisotopic (exact) mass is 250 g/mol. The fourth-order valence-electron chi connectivity index (χ4n) is 1.78. The van der Waals surface area contributed by atoms with Crippen molar-refractivity contribution >= 4 is 0 Å². The normalized spacial score (nSPS) is 11.5. The van der Waals surface area contributed by atoms with E-state index in [0.29, 0.717) is 23.7 Å². The SMILES string of the molecule is CNC(CC#N)c1cc(OC)c(OC)c(OC)c1. The summed E-state index contributed by atoms with van der Waals surface area (Å²) >= 11 is 0. The highest BCUT2D eigenvalue weighted by Gasteiger charge is 2.17. The highest BCUT2D eigenvalue weighted by Crippen LogP contribution is 2.39. The number of nitrogens with zero attached hydrogens (tertiary/aromatic N) is 1. The maximum absolute atomic E-state index is 8.81. The molecule has 0 bridgehead atoms. The molecule has 0 fully saturated rings. The first-order valence-corrected chi connectivity index (χ1v) is 5.55. The van der Waals surface area contributed by atoms with E-state index in [9.17, 15) is 0 Å². The molecule has 0 aliphatic rings. The summed E-state index contributed by atoms with van der Waals surface area (Å²) in [5, 5.41) is 11.9. The lowest BCUT2D eigenvalue weighted by Gasteiger charge is -2.18. The third-order valence-electron chi connectivity index (χ3n) is 2.73. The Hall–Kier alpha value is -1.93. The smallest absolute Gasteiger partial charge is 0.203 e. The molecule has 5 nitrogen and oxygen atoms in total. The van der Waals surface area contributed by atoms with Crippen LogP contribution >= 0.6 is 0 Å². The van der Waals surface area contributed by atoms with Crippen molar-refractivity contribution in [3.05, 3.63) is 17.7 Å². The quantitative estimate of drug-likeness (QED) is 0.835. The lowest BCUT2D eigenvalue weighted by Crippen LogP contribution is -2.16. The molecule has 1 aromatic rings. The molecule has 0 amide bonds. The number of hydrogen-bond donors (Lipinski definition) is 1. The predicted octanol–water partition coefficient (Wildman–Crippen LogP) is 1.89. The molecule has 0 radical (unpaired) electrons. The second kappa shape index (κ2) is 6.72. The zero-order valence-electron chi connectivity index (χ0n) is 11.1. The standard InChI is InChI=1S/C13H18N2O3/c1-15-10(5-6-14)9-7-11(16-2)13(18-4)12(8-9)17-3/h7-8,10,15H,5H2,1-4H3. The molecule has 1 atom stereocenters. The van der Waals surface area contributed by atoms with E-state index in [0.717, 1.165) is 5.56 Å². The van der Waals surface area contributed by atoms with Gasteiger partial charge in [-0.05, 0) is 24.7 Å². The van der Waals surface area contributed by atoms with Crippen molar-refractivity contribution in [1.29, 1.82) is 5.26 Å². The third kappa shape index (κ3) is 2.84. The van der Waals surface area contributed by atoms with Crippen molar-refractivity contribution in [3.8, 4) is 23.3 Å². The molecule has 98 valence electrons. The fraction of sp³-hybridized carbons (Fsp3) is 0.462. The summed E-state index contributed by atoms with van der Waals surface area (Å²) in [5.74, 6) is 1.73. The van der Waals surface area contributed by atoms with Gasteiger partial charge in [0, 0.05) is 6.04 Å². The van der Waals surface area contributed by atoms with Gasteiger partial charge in [-0.25, -0.2) is 0 Å². The molecule has 0 aliphatic carbocycles. The number of methoxy groups -OCH3 is 3. The molecular formula is C13H18N2O3. The molecular weight excluding hydrogens is 232 g/mol. The summed E-state index contributed by atoms with van der Waals surface area (Å²) in [7, 11) is 6.51. The van der Waals surface area contributed by atoms with Crippen LogP contribution in [0.15, 0.2) is 12.1 Å². The number of nitrogens with one attached hydrogen (secondary N) is 1. The number of rotatable bonds is 6. The minimum absolute atomic E-state index is 0.0660. The largest absolute Gasteiger partial charge is 0.493 e. The maximum atomic E-state index is 8.81. The molecule has 0 saturated heterocycles. The second-order valence-corrected chi connectivity index (χ2v) is 3.66. The van der Waals surface area contributed by atoms with Crippen molar-refractivity contribution in [3.63, 3.8) is 0 Å². The van der Waals surface area contributed by atoms with Crippen LogP contribution in [0.1, 0.15) is 18.0 Å². The van der Waals surface area contributed by atoms with Crippen LogP contribution in [-0.2, 0) is 0 Å². The molecule has 5 heteroatoms. The minimum Gasteiger partial charge on any atom is -0.493 e. The molecule has 0 saturated carbocycles. The first-order valence-electron chi connectivity index (χ1n) is 5.55. The third-order valence-corrected chi connectivity index (χ3v) is 2.73. The summed E-state index contributed by atoms with van der Waals surface area (Å²) in [6, 6.07) is 5.77. The van der Waals surface area contributed by atoms with Gasteiger partial charge in [-0.3, -0.25) is 0 Å². The summed E-state index contributed by atoms with van der Waals surface area (Å²) in [4.78, 5) is 0. The van der Waals surface area contributed by atoms with Crippen molar-refractivity contribution in [2.45, 2.75) is 12.5 Å². The Morgan fingerprint density at radius 2 is 1.72 bits per heavy atom. The first-order chi connectivity index (χ1) is 8.71. The molecule has 0 heterocycles. The second-order valence-electron chi connectivity index (χ2n) is 3.66. The topological polar surface area (TPSA) is 63.5 Å². The Morgan fingerprint density at radius 3 is 2.06 bits per heavy atom. The average Bonchev–Trinajstić information content (AvgIpc) is 2.42. The zero-order valence-corrected chi connectivity index (χ0v) is 11.1. The first kappa shape index (κ1) is 14.1. The maximum Gasteiger partial charge on any atom is 0.203 e. The van der Waals surface area contributed by atoms with Crippen LogP contribution in [0.2, 0.25) is 0 Å². The minimum atomic E-state index is -0.0660. The summed E-state index contributed by atoms with van der Waals surface area (Å²) in [6.07, 6.45) is 0.370. The van der Waals surface area contributed by atoms with Gasteiger partial charge >= 0.3 is 0 Å². The van der Waals surface area contributed by atoms with Crippen LogP contribution in [0, 0.1) is 11.3 Å². The van der Waals surface area contributed by atoms with Crippen molar-refractivity contribution in [1.82, 2.24) is 5.32 Å². The summed E-state index contributed by atoms with van der Waals surface area (Å²) in [5.41, 5.74) is 0.925. The number of hydrogen-bond acceptors (Lipinski definition) is 5. The van der Waals surface area contributed by atoms with Gasteiger partial charge in [0.1, 0.15) is 0 Å². The zero-order chi connectivity index (χ0) is 13.5. The van der Waals surface area contributed by atoms with Crippen molar-refractivity contribution < 1.29 is 14.2 Å². The van der Waals surface area contributed by atoms with Gasteiger partial charge in [0.05, 0.1) is 33.8 Å². The van der Waals surface area contributed by atoms with Gasteiger partial charge in [0.15, 0.2) is 11.5 Å². The molecule has 0 aromatic heterocycles. The van der Waals surface area contributed by atoms with E-state index in [2.05, 4.69) is 11.4 Å². The Balaban J connectivity index is 3.26. The molecule has 1 N–H and O–H groups in total. The Morgan fingerprint density at radius 1 is 1.17 bits per heavy atom. The molecule has 0 aliphatic heterocycles. The predicted molar refractivity (Wildman–Crippen MR) is 68.1 cm³/mol. The van der Waals surface area contributed by atoms with E-state index in [1.165, 1.54) is 0 Å². The highest BCUT2D eigenvalue weighted by molar-refractivity contribution is 5.54. The van der Waals surface area contributed by atoms with Gasteiger partial charge in [-0.1, -0.05) is 0 Å². The molecule has 18 heavy (non-hydrogen) atoms. The highest BCUT2D eigenvalue weighted by atomic mass is 16.5. The number of nitriles is 1. The van der Waals surface area contributed by atoms with Gasteiger partial charge in [0.25, 0.3) is 0 Å². The lowest BCUT2D eigenvalue weighted by atomic mass is 10.0. The van der Waals surface area contributed by atoms with Gasteiger partial charge in [0.2, 0.25) is 5.75 Å². The van der Waals surface area contributed by atoms with E-state index in [4.69, 9.17) is 19.5 Å². The van der Waals surface area contributed by atoms with E-state index in [-0.39, 0.29) is 6.04 Å². The summed E-state index contributed by atoms with van der Waals surface area (Å²) < 4.78 is 15.8. The number of benzene rings is 1. The van der Waals surface area contributed by atoms with Crippen LogP contribution < -0.4 is 19.5 Å². The lowest BCUT2D eigenvalue weighted by molar-refractivity contribution is 0.323.